The van der Waals surface area contributed by atoms with Crippen LogP contribution in [0.1, 0.15) is 67.2 Å². The van der Waals surface area contributed by atoms with Crippen LogP contribution in [0.2, 0.25) is 0 Å². The molecule has 1 aliphatic carbocycles. The Morgan fingerprint density at radius 3 is 2.70 bits per heavy atom. The summed E-state index contributed by atoms with van der Waals surface area (Å²) in [6.07, 6.45) is 9.98. The van der Waals surface area contributed by atoms with Gasteiger partial charge in [0.2, 0.25) is 0 Å². The predicted molar refractivity (Wildman–Crippen MR) is 130 cm³/mol. The number of pyridine rings is 1. The zero-order valence-corrected chi connectivity index (χ0v) is 19.4. The number of fused-ring (bicyclic) bond motifs is 1. The first-order valence-electron chi connectivity index (χ1n) is 11.5. The largest absolute Gasteiger partial charge is 0.390 e. The predicted octanol–water partition coefficient (Wildman–Crippen LogP) is 4.92. The number of hydrogen-bond donors (Lipinski definition) is 2. The first kappa shape index (κ1) is 22.7. The first-order chi connectivity index (χ1) is 16.0. The SMILES string of the molecule is CCC1=Cc2c(cnn2-c2ccc(C)cc2)C(C(=O)NC(CC)c2ccnc(CO)c2)=CC1. The van der Waals surface area contributed by atoms with Gasteiger partial charge in [-0.2, -0.15) is 5.10 Å². The fourth-order valence-electron chi connectivity index (χ4n) is 4.11. The monoisotopic (exact) mass is 442 g/mol. The third-order valence-electron chi connectivity index (χ3n) is 6.10. The molecule has 0 bridgehead atoms. The average Bonchev–Trinajstić information content (AvgIpc) is 3.15. The van der Waals surface area contributed by atoms with Gasteiger partial charge in [-0.05, 0) is 62.1 Å². The van der Waals surface area contributed by atoms with Crippen molar-refractivity contribution in [2.45, 2.75) is 52.7 Å². The fourth-order valence-corrected chi connectivity index (χ4v) is 4.11. The molecule has 6 nitrogen and oxygen atoms in total. The fraction of sp³-hybridized carbons (Fsp3) is 0.296. The molecule has 1 atom stereocenters. The number of amides is 1. The van der Waals surface area contributed by atoms with Crippen LogP contribution in [-0.2, 0) is 11.4 Å². The number of aliphatic hydroxyl groups is 1. The minimum absolute atomic E-state index is 0.125. The smallest absolute Gasteiger partial charge is 0.252 e. The summed E-state index contributed by atoms with van der Waals surface area (Å²) in [5.41, 5.74) is 7.32. The number of nitrogens with zero attached hydrogens (tertiary/aromatic N) is 3. The Kier molecular flexibility index (Phi) is 6.84. The summed E-state index contributed by atoms with van der Waals surface area (Å²) in [5.74, 6) is -0.125. The molecule has 170 valence electrons. The van der Waals surface area contributed by atoms with E-state index >= 15 is 0 Å². The van der Waals surface area contributed by atoms with E-state index in [2.05, 4.69) is 47.5 Å². The van der Waals surface area contributed by atoms with Crippen molar-refractivity contribution in [3.8, 4) is 5.69 Å². The number of hydrogen-bond acceptors (Lipinski definition) is 4. The molecular weight excluding hydrogens is 412 g/mol. The van der Waals surface area contributed by atoms with Crippen LogP contribution in [0.4, 0.5) is 0 Å². The molecule has 2 N–H and O–H groups in total. The molecule has 1 aromatic carbocycles. The Labute approximate surface area is 194 Å². The third-order valence-corrected chi connectivity index (χ3v) is 6.10. The van der Waals surface area contributed by atoms with Gasteiger partial charge < -0.3 is 10.4 Å². The van der Waals surface area contributed by atoms with E-state index in [-0.39, 0.29) is 18.6 Å². The van der Waals surface area contributed by atoms with E-state index in [1.807, 2.05) is 41.9 Å². The van der Waals surface area contributed by atoms with E-state index in [1.165, 1.54) is 11.1 Å². The molecule has 0 saturated heterocycles. The summed E-state index contributed by atoms with van der Waals surface area (Å²) in [5, 5.41) is 17.2. The van der Waals surface area contributed by atoms with Crippen LogP contribution in [0.15, 0.2) is 60.4 Å². The van der Waals surface area contributed by atoms with Crippen LogP contribution in [0.5, 0.6) is 0 Å². The van der Waals surface area contributed by atoms with E-state index in [4.69, 9.17) is 0 Å². The van der Waals surface area contributed by atoms with Crippen molar-refractivity contribution in [3.63, 3.8) is 0 Å². The second kappa shape index (κ2) is 9.96. The highest BCUT2D eigenvalue weighted by molar-refractivity contribution is 6.20. The van der Waals surface area contributed by atoms with Crippen molar-refractivity contribution < 1.29 is 9.90 Å². The van der Waals surface area contributed by atoms with Crippen LogP contribution in [0.25, 0.3) is 17.3 Å². The van der Waals surface area contributed by atoms with Gasteiger partial charge in [-0.3, -0.25) is 9.78 Å². The molecule has 0 spiro atoms. The number of rotatable bonds is 7. The molecule has 33 heavy (non-hydrogen) atoms. The number of aryl methyl sites for hydroxylation is 1. The summed E-state index contributed by atoms with van der Waals surface area (Å²) in [6.45, 7) is 6.09. The molecule has 1 unspecified atom stereocenters. The van der Waals surface area contributed by atoms with Crippen molar-refractivity contribution in [3.05, 3.63) is 88.5 Å². The number of carbonyl (C=O) groups excluding carboxylic acids is 1. The Morgan fingerprint density at radius 1 is 1.21 bits per heavy atom. The van der Waals surface area contributed by atoms with E-state index in [0.717, 1.165) is 41.8 Å². The topological polar surface area (TPSA) is 80.0 Å². The van der Waals surface area contributed by atoms with Crippen LogP contribution in [0, 0.1) is 6.92 Å². The number of nitrogens with one attached hydrogen (secondary N) is 1. The minimum atomic E-state index is -0.177. The molecule has 4 rings (SSSR count). The molecular formula is C27H30N4O2. The average molecular weight is 443 g/mol. The first-order valence-corrected chi connectivity index (χ1v) is 11.5. The summed E-state index contributed by atoms with van der Waals surface area (Å²) < 4.78 is 1.91. The van der Waals surface area contributed by atoms with Gasteiger partial charge in [0.25, 0.3) is 5.91 Å². The van der Waals surface area contributed by atoms with Gasteiger partial charge >= 0.3 is 0 Å². The second-order valence-electron chi connectivity index (χ2n) is 8.34. The second-order valence-corrected chi connectivity index (χ2v) is 8.34. The van der Waals surface area contributed by atoms with E-state index < -0.39 is 0 Å². The standard InChI is InChI=1S/C27H30N4O2/c1-4-19-8-11-23(27(33)30-25(5-2)20-12-13-28-21(15-20)17-32)24-16-29-31(26(24)14-19)22-9-6-18(3)7-10-22/h6-7,9-16,25,32H,4-5,8,17H2,1-3H3,(H,30,33). The molecule has 0 fully saturated rings. The molecule has 0 saturated carbocycles. The van der Waals surface area contributed by atoms with Crippen molar-refractivity contribution in [2.24, 2.45) is 0 Å². The quantitative estimate of drug-likeness (QED) is 0.545. The van der Waals surface area contributed by atoms with Gasteiger partial charge in [0, 0.05) is 17.3 Å². The highest BCUT2D eigenvalue weighted by Crippen LogP contribution is 2.31. The van der Waals surface area contributed by atoms with Crippen molar-refractivity contribution in [2.75, 3.05) is 0 Å². The van der Waals surface area contributed by atoms with Gasteiger partial charge in [0.1, 0.15) is 0 Å². The summed E-state index contributed by atoms with van der Waals surface area (Å²) >= 11 is 0. The zero-order chi connectivity index (χ0) is 23.4. The van der Waals surface area contributed by atoms with Gasteiger partial charge in [0.05, 0.1) is 35.9 Å². The normalized spacial score (nSPS) is 14.1. The maximum atomic E-state index is 13.5. The molecule has 3 aromatic rings. The molecule has 6 heteroatoms. The van der Waals surface area contributed by atoms with Crippen LogP contribution < -0.4 is 5.32 Å². The summed E-state index contributed by atoms with van der Waals surface area (Å²) in [6, 6.07) is 11.8. The number of allylic oxidation sites excluding steroid dienone is 2. The molecule has 0 radical (unpaired) electrons. The Balaban J connectivity index is 1.68. The highest BCUT2D eigenvalue weighted by Gasteiger charge is 2.24. The van der Waals surface area contributed by atoms with Crippen LogP contribution >= 0.6 is 0 Å². The lowest BCUT2D eigenvalue weighted by atomic mass is 10.0. The number of aliphatic hydroxyl groups excluding tert-OH is 1. The minimum Gasteiger partial charge on any atom is -0.390 e. The summed E-state index contributed by atoms with van der Waals surface area (Å²) in [4.78, 5) is 17.6. The highest BCUT2D eigenvalue weighted by atomic mass is 16.3. The van der Waals surface area contributed by atoms with Crippen LogP contribution in [-0.4, -0.2) is 25.8 Å². The van der Waals surface area contributed by atoms with Gasteiger partial charge in [-0.25, -0.2) is 4.68 Å². The van der Waals surface area contributed by atoms with Crippen molar-refractivity contribution in [1.82, 2.24) is 20.1 Å². The third kappa shape index (κ3) is 4.81. The number of carbonyl (C=O) groups is 1. The van der Waals surface area contributed by atoms with E-state index in [9.17, 15) is 9.90 Å². The van der Waals surface area contributed by atoms with Crippen LogP contribution in [0.3, 0.4) is 0 Å². The Bertz CT molecular complexity index is 1210. The lowest BCUT2D eigenvalue weighted by molar-refractivity contribution is -0.116. The maximum Gasteiger partial charge on any atom is 0.252 e. The molecule has 2 heterocycles. The van der Waals surface area contributed by atoms with E-state index in [0.29, 0.717) is 11.3 Å². The van der Waals surface area contributed by atoms with Gasteiger partial charge in [0.15, 0.2) is 0 Å². The maximum absolute atomic E-state index is 13.5. The Morgan fingerprint density at radius 2 is 2.00 bits per heavy atom. The number of benzene rings is 1. The zero-order valence-electron chi connectivity index (χ0n) is 19.4. The van der Waals surface area contributed by atoms with Crippen molar-refractivity contribution in [1.29, 1.82) is 0 Å². The lowest BCUT2D eigenvalue weighted by Gasteiger charge is -2.19. The van der Waals surface area contributed by atoms with Crippen molar-refractivity contribution >= 4 is 17.6 Å². The lowest BCUT2D eigenvalue weighted by Crippen LogP contribution is -2.29. The van der Waals surface area contributed by atoms with E-state index in [1.54, 1.807) is 12.4 Å². The number of aromatic nitrogens is 3. The molecule has 1 aliphatic rings. The Hall–Kier alpha value is -3.51. The van der Waals surface area contributed by atoms with Gasteiger partial charge in [-0.15, -0.1) is 0 Å². The molecule has 0 aliphatic heterocycles. The van der Waals surface area contributed by atoms with Gasteiger partial charge in [-0.1, -0.05) is 43.2 Å². The summed E-state index contributed by atoms with van der Waals surface area (Å²) in [7, 11) is 0. The molecule has 1 amide bonds. The molecule has 2 aromatic heterocycles.